The average Bonchev–Trinajstić information content (AvgIpc) is 2.93. The molecule has 3 heteroatoms. The second-order valence-corrected chi connectivity index (χ2v) is 7.34. The van der Waals surface area contributed by atoms with E-state index in [2.05, 4.69) is 41.4 Å². The van der Waals surface area contributed by atoms with Crippen LogP contribution in [0.5, 0.6) is 0 Å². The average molecular weight is 351 g/mol. The van der Waals surface area contributed by atoms with Crippen molar-refractivity contribution in [2.75, 3.05) is 19.6 Å². The Kier molecular flexibility index (Phi) is 6.84. The molecule has 26 heavy (non-hydrogen) atoms. The summed E-state index contributed by atoms with van der Waals surface area (Å²) in [4.78, 5) is 15.0. The molecule has 3 nitrogen and oxygen atoms in total. The number of carbonyl (C=O) groups excluding carboxylic acids is 1. The van der Waals surface area contributed by atoms with Crippen LogP contribution in [0.4, 0.5) is 0 Å². The SMILES string of the molecule is Cc1ccc([C@H](CNC(=O)Cc2ccccc2)N2CCCCCC2)cc1. The molecule has 1 aliphatic heterocycles. The molecule has 0 radical (unpaired) electrons. The van der Waals surface area contributed by atoms with Crippen LogP contribution in [0.3, 0.4) is 0 Å². The fraction of sp³-hybridized carbons (Fsp3) is 0.435. The van der Waals surface area contributed by atoms with Crippen LogP contribution in [0.15, 0.2) is 54.6 Å². The first-order valence-electron chi connectivity index (χ1n) is 9.83. The molecule has 0 unspecified atom stereocenters. The second-order valence-electron chi connectivity index (χ2n) is 7.34. The van der Waals surface area contributed by atoms with Crippen molar-refractivity contribution < 1.29 is 4.79 Å². The zero-order valence-electron chi connectivity index (χ0n) is 15.8. The van der Waals surface area contributed by atoms with Crippen LogP contribution in [-0.2, 0) is 11.2 Å². The van der Waals surface area contributed by atoms with Gasteiger partial charge in [0.1, 0.15) is 0 Å². The maximum atomic E-state index is 12.4. The minimum atomic E-state index is 0.100. The summed E-state index contributed by atoms with van der Waals surface area (Å²) < 4.78 is 0. The van der Waals surface area contributed by atoms with Gasteiger partial charge in [-0.2, -0.15) is 0 Å². The third-order valence-corrected chi connectivity index (χ3v) is 5.24. The molecular formula is C23H30N2O. The number of aryl methyl sites for hydroxylation is 1. The Bertz CT molecular complexity index is 673. The molecule has 0 saturated carbocycles. The largest absolute Gasteiger partial charge is 0.354 e. The summed E-state index contributed by atoms with van der Waals surface area (Å²) in [5.74, 6) is 0.100. The molecule has 0 aromatic heterocycles. The molecule has 0 bridgehead atoms. The van der Waals surface area contributed by atoms with Crippen LogP contribution < -0.4 is 5.32 Å². The third kappa shape index (κ3) is 5.43. The van der Waals surface area contributed by atoms with Crippen molar-refractivity contribution in [3.8, 4) is 0 Å². The zero-order chi connectivity index (χ0) is 18.2. The lowest BCUT2D eigenvalue weighted by molar-refractivity contribution is -0.120. The maximum absolute atomic E-state index is 12.4. The Labute approximate surface area is 157 Å². The molecule has 1 amide bonds. The number of carbonyl (C=O) groups is 1. The molecule has 0 aliphatic carbocycles. The monoisotopic (exact) mass is 350 g/mol. The van der Waals surface area contributed by atoms with Gasteiger partial charge in [0.25, 0.3) is 0 Å². The lowest BCUT2D eigenvalue weighted by atomic mass is 10.0. The van der Waals surface area contributed by atoms with Crippen LogP contribution >= 0.6 is 0 Å². The number of amides is 1. The maximum Gasteiger partial charge on any atom is 0.224 e. The smallest absolute Gasteiger partial charge is 0.224 e. The zero-order valence-corrected chi connectivity index (χ0v) is 15.8. The standard InChI is InChI=1S/C23H30N2O/c1-19-11-13-21(14-12-19)22(25-15-7-2-3-8-16-25)18-24-23(26)17-20-9-5-4-6-10-20/h4-6,9-14,22H,2-3,7-8,15-18H2,1H3,(H,24,26)/t22-/m0/s1. The van der Waals surface area contributed by atoms with Gasteiger partial charge in [0, 0.05) is 6.54 Å². The second kappa shape index (κ2) is 9.54. The highest BCUT2D eigenvalue weighted by Crippen LogP contribution is 2.24. The first-order valence-corrected chi connectivity index (χ1v) is 9.83. The summed E-state index contributed by atoms with van der Waals surface area (Å²) in [5, 5.41) is 3.18. The highest BCUT2D eigenvalue weighted by molar-refractivity contribution is 5.78. The Balaban J connectivity index is 1.66. The van der Waals surface area contributed by atoms with Crippen molar-refractivity contribution in [2.24, 2.45) is 0 Å². The minimum Gasteiger partial charge on any atom is -0.354 e. The number of hydrogen-bond donors (Lipinski definition) is 1. The molecular weight excluding hydrogens is 320 g/mol. The van der Waals surface area contributed by atoms with Crippen LogP contribution in [0, 0.1) is 6.92 Å². The van der Waals surface area contributed by atoms with Gasteiger partial charge < -0.3 is 5.32 Å². The van der Waals surface area contributed by atoms with Crippen LogP contribution in [0.25, 0.3) is 0 Å². The molecule has 138 valence electrons. The van der Waals surface area contributed by atoms with Crippen LogP contribution in [-0.4, -0.2) is 30.4 Å². The summed E-state index contributed by atoms with van der Waals surface area (Å²) in [6.07, 6.45) is 5.58. The Morgan fingerprint density at radius 3 is 2.27 bits per heavy atom. The van der Waals surface area contributed by atoms with Crippen molar-refractivity contribution in [3.63, 3.8) is 0 Å². The summed E-state index contributed by atoms with van der Waals surface area (Å²) >= 11 is 0. The van der Waals surface area contributed by atoms with Crippen LogP contribution in [0.2, 0.25) is 0 Å². The Morgan fingerprint density at radius 1 is 0.962 bits per heavy atom. The predicted molar refractivity (Wildman–Crippen MR) is 107 cm³/mol. The van der Waals surface area contributed by atoms with Gasteiger partial charge >= 0.3 is 0 Å². The summed E-state index contributed by atoms with van der Waals surface area (Å²) in [5.41, 5.74) is 3.64. The topological polar surface area (TPSA) is 32.3 Å². The number of nitrogens with zero attached hydrogens (tertiary/aromatic N) is 1. The van der Waals surface area contributed by atoms with Crippen molar-refractivity contribution in [2.45, 2.75) is 45.1 Å². The molecule has 1 aliphatic rings. The molecule has 1 N–H and O–H groups in total. The van der Waals surface area contributed by atoms with E-state index in [0.717, 1.165) is 18.7 Å². The number of likely N-dealkylation sites (tertiary alicyclic amines) is 1. The van der Waals surface area contributed by atoms with E-state index in [9.17, 15) is 4.79 Å². The number of rotatable bonds is 6. The molecule has 1 fully saturated rings. The van der Waals surface area contributed by atoms with E-state index in [1.165, 1.54) is 36.8 Å². The van der Waals surface area contributed by atoms with Gasteiger partial charge in [-0.25, -0.2) is 0 Å². The van der Waals surface area contributed by atoms with E-state index < -0.39 is 0 Å². The molecule has 1 atom stereocenters. The van der Waals surface area contributed by atoms with E-state index in [4.69, 9.17) is 0 Å². The molecule has 0 spiro atoms. The van der Waals surface area contributed by atoms with Gasteiger partial charge in [-0.05, 0) is 44.0 Å². The molecule has 2 aromatic rings. The summed E-state index contributed by atoms with van der Waals surface area (Å²) in [6, 6.07) is 19.0. The van der Waals surface area contributed by atoms with Gasteiger partial charge in [0.2, 0.25) is 5.91 Å². The summed E-state index contributed by atoms with van der Waals surface area (Å²) in [6.45, 7) is 5.03. The van der Waals surface area contributed by atoms with E-state index in [-0.39, 0.29) is 11.9 Å². The van der Waals surface area contributed by atoms with Crippen molar-refractivity contribution >= 4 is 5.91 Å². The van der Waals surface area contributed by atoms with Gasteiger partial charge in [-0.3, -0.25) is 9.69 Å². The minimum absolute atomic E-state index is 0.100. The van der Waals surface area contributed by atoms with Crippen molar-refractivity contribution in [3.05, 3.63) is 71.3 Å². The lowest BCUT2D eigenvalue weighted by Gasteiger charge is -2.31. The highest BCUT2D eigenvalue weighted by atomic mass is 16.1. The number of hydrogen-bond acceptors (Lipinski definition) is 2. The Morgan fingerprint density at radius 2 is 1.62 bits per heavy atom. The fourth-order valence-corrected chi connectivity index (χ4v) is 3.71. The molecule has 2 aromatic carbocycles. The molecule has 3 rings (SSSR count). The fourth-order valence-electron chi connectivity index (χ4n) is 3.71. The number of nitrogens with one attached hydrogen (secondary N) is 1. The predicted octanol–water partition coefficient (Wildman–Crippen LogP) is 4.27. The molecule has 1 heterocycles. The third-order valence-electron chi connectivity index (χ3n) is 5.24. The highest BCUT2D eigenvalue weighted by Gasteiger charge is 2.22. The van der Waals surface area contributed by atoms with Crippen molar-refractivity contribution in [1.82, 2.24) is 10.2 Å². The lowest BCUT2D eigenvalue weighted by Crippen LogP contribution is -2.39. The van der Waals surface area contributed by atoms with Gasteiger partial charge in [-0.1, -0.05) is 73.0 Å². The number of benzene rings is 2. The first kappa shape index (κ1) is 18.7. The normalized spacial score (nSPS) is 16.7. The first-order chi connectivity index (χ1) is 12.7. The summed E-state index contributed by atoms with van der Waals surface area (Å²) in [7, 11) is 0. The van der Waals surface area contributed by atoms with E-state index in [1.807, 2.05) is 30.3 Å². The van der Waals surface area contributed by atoms with Gasteiger partial charge in [0.05, 0.1) is 12.5 Å². The van der Waals surface area contributed by atoms with Gasteiger partial charge in [0.15, 0.2) is 0 Å². The van der Waals surface area contributed by atoms with E-state index >= 15 is 0 Å². The molecule has 1 saturated heterocycles. The Hall–Kier alpha value is -2.13. The van der Waals surface area contributed by atoms with Gasteiger partial charge in [-0.15, -0.1) is 0 Å². The van der Waals surface area contributed by atoms with E-state index in [0.29, 0.717) is 13.0 Å². The van der Waals surface area contributed by atoms with Crippen molar-refractivity contribution in [1.29, 1.82) is 0 Å². The quantitative estimate of drug-likeness (QED) is 0.844. The van der Waals surface area contributed by atoms with Crippen LogP contribution in [0.1, 0.15) is 48.4 Å². The van der Waals surface area contributed by atoms with E-state index in [1.54, 1.807) is 0 Å².